The molecule has 0 saturated carbocycles. The number of methoxy groups -OCH3 is 2. The maximum Gasteiger partial charge on any atom is 0.357 e. The van der Waals surface area contributed by atoms with Crippen molar-refractivity contribution in [3.05, 3.63) is 71.4 Å². The highest BCUT2D eigenvalue weighted by molar-refractivity contribution is 6.06. The molecule has 2 aromatic carbocycles. The number of carbonyl (C=O) groups excluding carboxylic acids is 2. The average molecular weight is 422 g/mol. The number of hydrogen-bond acceptors (Lipinski definition) is 7. The minimum Gasteiger partial charge on any atom is -0.465 e. The van der Waals surface area contributed by atoms with Crippen LogP contribution in [0, 0.1) is 0 Å². The van der Waals surface area contributed by atoms with Gasteiger partial charge in [0.15, 0.2) is 12.0 Å². The standard InChI is InChI=1S/C23H22N2O6/c1-28-21(26)18-19(15-9-11-16(12-10-15)23-30-13-6-14-31-23)24-25(20(18)22(27)29-2)17-7-4-3-5-8-17/h3-5,7-12,23H,6,13-14H2,1-2H3. The topological polar surface area (TPSA) is 88.9 Å². The first kappa shape index (κ1) is 20.8. The van der Waals surface area contributed by atoms with Gasteiger partial charge in [-0.25, -0.2) is 14.3 Å². The van der Waals surface area contributed by atoms with Crippen molar-refractivity contribution < 1.29 is 28.5 Å². The van der Waals surface area contributed by atoms with Gasteiger partial charge in [-0.3, -0.25) is 0 Å². The lowest BCUT2D eigenvalue weighted by molar-refractivity contribution is -0.183. The fourth-order valence-corrected chi connectivity index (χ4v) is 3.44. The molecule has 0 atom stereocenters. The highest BCUT2D eigenvalue weighted by Gasteiger charge is 2.31. The number of nitrogens with zero attached hydrogens (tertiary/aromatic N) is 2. The van der Waals surface area contributed by atoms with E-state index < -0.39 is 18.2 Å². The molecule has 0 radical (unpaired) electrons. The Balaban J connectivity index is 1.84. The number of hydrogen-bond donors (Lipinski definition) is 0. The number of benzene rings is 2. The highest BCUT2D eigenvalue weighted by Crippen LogP contribution is 2.31. The molecule has 1 fully saturated rings. The predicted octanol–water partition coefficient (Wildman–Crippen LogP) is 3.55. The second-order valence-corrected chi connectivity index (χ2v) is 6.85. The largest absolute Gasteiger partial charge is 0.465 e. The molecular formula is C23H22N2O6. The summed E-state index contributed by atoms with van der Waals surface area (Å²) in [6.45, 7) is 1.28. The molecule has 1 saturated heterocycles. The van der Waals surface area contributed by atoms with Gasteiger partial charge < -0.3 is 18.9 Å². The second kappa shape index (κ2) is 9.11. The first-order valence-electron chi connectivity index (χ1n) is 9.82. The van der Waals surface area contributed by atoms with E-state index in [4.69, 9.17) is 18.9 Å². The third-order valence-corrected chi connectivity index (χ3v) is 4.94. The normalized spacial score (nSPS) is 14.3. The summed E-state index contributed by atoms with van der Waals surface area (Å²) < 4.78 is 22.6. The molecule has 3 aromatic rings. The molecule has 1 aromatic heterocycles. The van der Waals surface area contributed by atoms with E-state index in [0.717, 1.165) is 12.0 Å². The number of para-hydroxylation sites is 1. The summed E-state index contributed by atoms with van der Waals surface area (Å²) in [6, 6.07) is 16.4. The van der Waals surface area contributed by atoms with E-state index in [-0.39, 0.29) is 11.3 Å². The molecule has 8 heteroatoms. The van der Waals surface area contributed by atoms with Gasteiger partial charge in [0.1, 0.15) is 11.3 Å². The molecule has 0 unspecified atom stereocenters. The lowest BCUT2D eigenvalue weighted by Gasteiger charge is -2.23. The molecule has 4 rings (SSSR count). The molecule has 31 heavy (non-hydrogen) atoms. The fourth-order valence-electron chi connectivity index (χ4n) is 3.44. The Labute approximate surface area is 179 Å². The molecule has 0 N–H and O–H groups in total. The van der Waals surface area contributed by atoms with Crippen LogP contribution in [0.5, 0.6) is 0 Å². The Bertz CT molecular complexity index is 1070. The molecule has 0 bridgehead atoms. The Kier molecular flexibility index (Phi) is 6.11. The van der Waals surface area contributed by atoms with Crippen LogP contribution in [-0.2, 0) is 18.9 Å². The van der Waals surface area contributed by atoms with Gasteiger partial charge in [0.25, 0.3) is 0 Å². The number of carbonyl (C=O) groups is 2. The zero-order chi connectivity index (χ0) is 21.8. The second-order valence-electron chi connectivity index (χ2n) is 6.85. The van der Waals surface area contributed by atoms with Gasteiger partial charge in [0.05, 0.1) is 33.1 Å². The quantitative estimate of drug-likeness (QED) is 0.581. The van der Waals surface area contributed by atoms with Gasteiger partial charge in [-0.05, 0) is 18.6 Å². The molecule has 2 heterocycles. The number of aromatic nitrogens is 2. The van der Waals surface area contributed by atoms with Crippen molar-refractivity contribution in [2.24, 2.45) is 0 Å². The van der Waals surface area contributed by atoms with Crippen molar-refractivity contribution in [3.8, 4) is 16.9 Å². The lowest BCUT2D eigenvalue weighted by Crippen LogP contribution is -2.17. The van der Waals surface area contributed by atoms with Crippen molar-refractivity contribution in [3.63, 3.8) is 0 Å². The molecule has 0 spiro atoms. The van der Waals surface area contributed by atoms with Crippen LogP contribution in [0.25, 0.3) is 16.9 Å². The molecule has 0 aliphatic carbocycles. The summed E-state index contributed by atoms with van der Waals surface area (Å²) in [5.41, 5.74) is 2.46. The lowest BCUT2D eigenvalue weighted by atomic mass is 10.0. The van der Waals surface area contributed by atoms with Crippen LogP contribution < -0.4 is 0 Å². The molecule has 1 aliphatic rings. The highest BCUT2D eigenvalue weighted by atomic mass is 16.7. The Hall–Kier alpha value is -3.49. The summed E-state index contributed by atoms with van der Waals surface area (Å²) in [6.07, 6.45) is 0.444. The van der Waals surface area contributed by atoms with Crippen molar-refractivity contribution in [1.29, 1.82) is 0 Å². The van der Waals surface area contributed by atoms with E-state index >= 15 is 0 Å². The number of esters is 2. The smallest absolute Gasteiger partial charge is 0.357 e. The van der Waals surface area contributed by atoms with E-state index in [2.05, 4.69) is 5.10 Å². The van der Waals surface area contributed by atoms with Gasteiger partial charge in [-0.2, -0.15) is 5.10 Å². The van der Waals surface area contributed by atoms with Crippen LogP contribution >= 0.6 is 0 Å². The third kappa shape index (κ3) is 4.08. The summed E-state index contributed by atoms with van der Waals surface area (Å²) in [5, 5.41) is 4.58. The number of ether oxygens (including phenoxy) is 4. The molecule has 8 nitrogen and oxygen atoms in total. The Morgan fingerprint density at radius 1 is 0.935 bits per heavy atom. The van der Waals surface area contributed by atoms with Crippen LogP contribution in [0.3, 0.4) is 0 Å². The summed E-state index contributed by atoms with van der Waals surface area (Å²) >= 11 is 0. The van der Waals surface area contributed by atoms with E-state index in [1.165, 1.54) is 18.9 Å². The first-order chi connectivity index (χ1) is 15.1. The maximum atomic E-state index is 12.7. The Morgan fingerprint density at radius 2 is 1.58 bits per heavy atom. The minimum absolute atomic E-state index is 0.00132. The van der Waals surface area contributed by atoms with Crippen LogP contribution in [0.15, 0.2) is 54.6 Å². The summed E-state index contributed by atoms with van der Waals surface area (Å²) in [7, 11) is 2.51. The van der Waals surface area contributed by atoms with Crippen LogP contribution in [0.2, 0.25) is 0 Å². The van der Waals surface area contributed by atoms with E-state index in [1.54, 1.807) is 12.1 Å². The van der Waals surface area contributed by atoms with Crippen LogP contribution in [0.4, 0.5) is 0 Å². The van der Waals surface area contributed by atoms with Crippen molar-refractivity contribution in [2.75, 3.05) is 27.4 Å². The van der Waals surface area contributed by atoms with E-state index in [0.29, 0.717) is 30.2 Å². The number of rotatable bonds is 5. The van der Waals surface area contributed by atoms with Crippen LogP contribution in [0.1, 0.15) is 39.1 Å². The van der Waals surface area contributed by atoms with Crippen molar-refractivity contribution in [1.82, 2.24) is 9.78 Å². The van der Waals surface area contributed by atoms with Gasteiger partial charge in [0.2, 0.25) is 0 Å². The molecule has 0 amide bonds. The summed E-state index contributed by atoms with van der Waals surface area (Å²) in [5.74, 6) is -1.37. The average Bonchev–Trinajstić information content (AvgIpc) is 3.25. The van der Waals surface area contributed by atoms with Crippen LogP contribution in [-0.4, -0.2) is 49.2 Å². The van der Waals surface area contributed by atoms with Gasteiger partial charge in [-0.15, -0.1) is 0 Å². The SMILES string of the molecule is COC(=O)c1c(-c2ccc(C3OCCCO3)cc2)nn(-c2ccccc2)c1C(=O)OC. The monoisotopic (exact) mass is 422 g/mol. The van der Waals surface area contributed by atoms with Gasteiger partial charge in [0, 0.05) is 11.1 Å². The van der Waals surface area contributed by atoms with E-state index in [1.807, 2.05) is 42.5 Å². The maximum absolute atomic E-state index is 12.7. The first-order valence-corrected chi connectivity index (χ1v) is 9.82. The predicted molar refractivity (Wildman–Crippen MR) is 111 cm³/mol. The zero-order valence-corrected chi connectivity index (χ0v) is 17.2. The fraction of sp³-hybridized carbons (Fsp3) is 0.261. The zero-order valence-electron chi connectivity index (χ0n) is 17.2. The van der Waals surface area contributed by atoms with Crippen molar-refractivity contribution in [2.45, 2.75) is 12.7 Å². The van der Waals surface area contributed by atoms with Crippen molar-refractivity contribution >= 4 is 11.9 Å². The summed E-state index contributed by atoms with van der Waals surface area (Å²) in [4.78, 5) is 25.3. The molecule has 1 aliphatic heterocycles. The minimum atomic E-state index is -0.691. The molecule has 160 valence electrons. The Morgan fingerprint density at radius 3 is 2.19 bits per heavy atom. The van der Waals surface area contributed by atoms with E-state index in [9.17, 15) is 9.59 Å². The van der Waals surface area contributed by atoms with Gasteiger partial charge >= 0.3 is 11.9 Å². The third-order valence-electron chi connectivity index (χ3n) is 4.94. The van der Waals surface area contributed by atoms with Gasteiger partial charge in [-0.1, -0.05) is 42.5 Å². The molecular weight excluding hydrogens is 400 g/mol.